The van der Waals surface area contributed by atoms with Gasteiger partial charge in [0.2, 0.25) is 0 Å². The van der Waals surface area contributed by atoms with Crippen molar-refractivity contribution in [3.8, 4) is 0 Å². The Kier molecular flexibility index (Phi) is 4.98. The molecule has 19 heavy (non-hydrogen) atoms. The first-order valence-corrected chi connectivity index (χ1v) is 6.71. The summed E-state index contributed by atoms with van der Waals surface area (Å²) in [5, 5.41) is 0. The highest BCUT2D eigenvalue weighted by molar-refractivity contribution is 6.08. The lowest BCUT2D eigenvalue weighted by Gasteiger charge is -2.15. The number of aromatic nitrogens is 1. The molecule has 1 heterocycles. The molecule has 1 aromatic rings. The normalized spacial score (nSPS) is 11.7. The third-order valence-corrected chi connectivity index (χ3v) is 2.91. The van der Waals surface area contributed by atoms with Gasteiger partial charge in [-0.05, 0) is 30.0 Å². The number of pyridine rings is 1. The number of carbonyl (C=O) groups is 2. The van der Waals surface area contributed by atoms with Gasteiger partial charge in [0.15, 0.2) is 5.78 Å². The molecule has 0 radical (unpaired) electrons. The van der Waals surface area contributed by atoms with E-state index < -0.39 is 5.41 Å². The molecule has 3 heteroatoms. The maximum atomic E-state index is 12.1. The Bertz CT molecular complexity index is 470. The number of carbonyl (C=O) groups excluding carboxylic acids is 2. The van der Waals surface area contributed by atoms with Crippen molar-refractivity contribution in [3.63, 3.8) is 0 Å². The molecule has 0 spiro atoms. The van der Waals surface area contributed by atoms with Gasteiger partial charge in [-0.25, -0.2) is 0 Å². The summed E-state index contributed by atoms with van der Waals surface area (Å²) in [4.78, 5) is 28.0. The van der Waals surface area contributed by atoms with Gasteiger partial charge in [0.25, 0.3) is 0 Å². The smallest absolute Gasteiger partial charge is 0.188 e. The summed E-state index contributed by atoms with van der Waals surface area (Å²) in [5.74, 6) is 0.292. The standard InChI is InChI=1S/C16H23NO2/c1-11(2)8-12-6-7-17-13(9-12)14(18)10-15(19)16(3,4)5/h6-7,9,11H,8,10H2,1-5H3. The zero-order valence-electron chi connectivity index (χ0n) is 12.5. The average molecular weight is 261 g/mol. The monoisotopic (exact) mass is 261 g/mol. The van der Waals surface area contributed by atoms with E-state index in [1.165, 1.54) is 0 Å². The summed E-state index contributed by atoms with van der Waals surface area (Å²) < 4.78 is 0. The Balaban J connectivity index is 2.80. The predicted molar refractivity (Wildman–Crippen MR) is 76.2 cm³/mol. The largest absolute Gasteiger partial charge is 0.299 e. The predicted octanol–water partition coefficient (Wildman–Crippen LogP) is 3.47. The van der Waals surface area contributed by atoms with E-state index >= 15 is 0 Å². The van der Waals surface area contributed by atoms with Crippen LogP contribution in [0, 0.1) is 11.3 Å². The van der Waals surface area contributed by atoms with Crippen molar-refractivity contribution in [2.45, 2.75) is 47.5 Å². The van der Waals surface area contributed by atoms with Crippen molar-refractivity contribution in [2.75, 3.05) is 0 Å². The Morgan fingerprint density at radius 2 is 1.89 bits per heavy atom. The Morgan fingerprint density at radius 1 is 1.26 bits per heavy atom. The summed E-state index contributed by atoms with van der Waals surface area (Å²) in [6.07, 6.45) is 2.49. The highest BCUT2D eigenvalue weighted by Crippen LogP contribution is 2.18. The third-order valence-electron chi connectivity index (χ3n) is 2.91. The fourth-order valence-electron chi connectivity index (χ4n) is 1.73. The van der Waals surface area contributed by atoms with Crippen LogP contribution in [0.5, 0.6) is 0 Å². The second kappa shape index (κ2) is 6.09. The minimum Gasteiger partial charge on any atom is -0.299 e. The molecule has 0 aromatic carbocycles. The summed E-state index contributed by atoms with van der Waals surface area (Å²) in [5.41, 5.74) is 1.01. The third kappa shape index (κ3) is 4.93. The van der Waals surface area contributed by atoms with Crippen LogP contribution in [0.15, 0.2) is 18.3 Å². The molecule has 0 fully saturated rings. The topological polar surface area (TPSA) is 47.0 Å². The van der Waals surface area contributed by atoms with E-state index in [-0.39, 0.29) is 18.0 Å². The molecule has 3 nitrogen and oxygen atoms in total. The molecule has 0 aliphatic rings. The van der Waals surface area contributed by atoms with Crippen LogP contribution in [0.4, 0.5) is 0 Å². The van der Waals surface area contributed by atoms with Crippen LogP contribution in [-0.4, -0.2) is 16.6 Å². The minimum absolute atomic E-state index is 0.0476. The van der Waals surface area contributed by atoms with Crippen molar-refractivity contribution >= 4 is 11.6 Å². The number of hydrogen-bond acceptors (Lipinski definition) is 3. The van der Waals surface area contributed by atoms with E-state index in [9.17, 15) is 9.59 Å². The van der Waals surface area contributed by atoms with Gasteiger partial charge >= 0.3 is 0 Å². The van der Waals surface area contributed by atoms with Crippen LogP contribution in [0.3, 0.4) is 0 Å². The molecule has 0 saturated carbocycles. The maximum Gasteiger partial charge on any atom is 0.188 e. The van der Waals surface area contributed by atoms with Crippen LogP contribution < -0.4 is 0 Å². The van der Waals surface area contributed by atoms with Gasteiger partial charge in [0.1, 0.15) is 11.5 Å². The van der Waals surface area contributed by atoms with Crippen molar-refractivity contribution < 1.29 is 9.59 Å². The highest BCUT2D eigenvalue weighted by atomic mass is 16.1. The van der Waals surface area contributed by atoms with E-state index in [2.05, 4.69) is 18.8 Å². The van der Waals surface area contributed by atoms with Crippen LogP contribution >= 0.6 is 0 Å². The maximum absolute atomic E-state index is 12.1. The molecule has 104 valence electrons. The lowest BCUT2D eigenvalue weighted by Crippen LogP contribution is -2.23. The van der Waals surface area contributed by atoms with Gasteiger partial charge in [-0.15, -0.1) is 0 Å². The lowest BCUT2D eigenvalue weighted by molar-refractivity contribution is -0.125. The van der Waals surface area contributed by atoms with Crippen molar-refractivity contribution in [3.05, 3.63) is 29.6 Å². The van der Waals surface area contributed by atoms with E-state index in [1.54, 1.807) is 12.3 Å². The lowest BCUT2D eigenvalue weighted by atomic mass is 9.87. The van der Waals surface area contributed by atoms with Crippen LogP contribution in [0.1, 0.15) is 57.1 Å². The number of Topliss-reactive ketones (excluding diaryl/α,β-unsaturated/α-hetero) is 2. The van der Waals surface area contributed by atoms with E-state index in [4.69, 9.17) is 0 Å². The summed E-state index contributed by atoms with van der Waals surface area (Å²) in [7, 11) is 0. The number of ketones is 2. The number of nitrogens with zero attached hydrogens (tertiary/aromatic N) is 1. The zero-order valence-corrected chi connectivity index (χ0v) is 12.5. The second-order valence-electron chi connectivity index (χ2n) is 6.42. The molecule has 0 N–H and O–H groups in total. The molecule has 0 aliphatic heterocycles. The van der Waals surface area contributed by atoms with Gasteiger partial charge in [-0.2, -0.15) is 0 Å². The van der Waals surface area contributed by atoms with Crippen LogP contribution in [0.2, 0.25) is 0 Å². The zero-order chi connectivity index (χ0) is 14.6. The van der Waals surface area contributed by atoms with E-state index in [1.807, 2.05) is 26.8 Å². The van der Waals surface area contributed by atoms with Gasteiger partial charge in [0, 0.05) is 11.6 Å². The molecule has 0 aliphatic carbocycles. The Hall–Kier alpha value is -1.51. The summed E-state index contributed by atoms with van der Waals surface area (Å²) in [6, 6.07) is 3.72. The van der Waals surface area contributed by atoms with Crippen molar-refractivity contribution in [1.82, 2.24) is 4.98 Å². The molecular formula is C16H23NO2. The molecule has 0 atom stereocenters. The van der Waals surface area contributed by atoms with Gasteiger partial charge in [-0.3, -0.25) is 14.6 Å². The molecule has 0 unspecified atom stereocenters. The summed E-state index contributed by atoms with van der Waals surface area (Å²) in [6.45, 7) is 9.73. The van der Waals surface area contributed by atoms with Crippen molar-refractivity contribution in [1.29, 1.82) is 0 Å². The number of rotatable bonds is 5. The quantitative estimate of drug-likeness (QED) is 0.602. The molecular weight excluding hydrogens is 238 g/mol. The first kappa shape index (κ1) is 15.5. The first-order valence-electron chi connectivity index (χ1n) is 6.71. The SMILES string of the molecule is CC(C)Cc1ccnc(C(=O)CC(=O)C(C)(C)C)c1. The first-order chi connectivity index (χ1) is 8.70. The average Bonchev–Trinajstić information content (AvgIpc) is 2.27. The second-order valence-corrected chi connectivity index (χ2v) is 6.42. The molecule has 1 rings (SSSR count). The summed E-state index contributed by atoms with van der Waals surface area (Å²) >= 11 is 0. The fourth-order valence-corrected chi connectivity index (χ4v) is 1.73. The van der Waals surface area contributed by atoms with Gasteiger partial charge in [-0.1, -0.05) is 34.6 Å². The highest BCUT2D eigenvalue weighted by Gasteiger charge is 2.24. The number of hydrogen-bond donors (Lipinski definition) is 0. The molecule has 1 aromatic heterocycles. The molecule has 0 saturated heterocycles. The fraction of sp³-hybridized carbons (Fsp3) is 0.562. The Labute approximate surface area is 115 Å². The molecule has 0 amide bonds. The Morgan fingerprint density at radius 3 is 2.42 bits per heavy atom. The molecule has 0 bridgehead atoms. The van der Waals surface area contributed by atoms with Gasteiger partial charge < -0.3 is 0 Å². The minimum atomic E-state index is -0.481. The van der Waals surface area contributed by atoms with Crippen LogP contribution in [-0.2, 0) is 11.2 Å². The van der Waals surface area contributed by atoms with E-state index in [0.29, 0.717) is 11.6 Å². The van der Waals surface area contributed by atoms with Crippen LogP contribution in [0.25, 0.3) is 0 Å². The van der Waals surface area contributed by atoms with Crippen molar-refractivity contribution in [2.24, 2.45) is 11.3 Å². The van der Waals surface area contributed by atoms with E-state index in [0.717, 1.165) is 12.0 Å². The van der Waals surface area contributed by atoms with Gasteiger partial charge in [0.05, 0.1) is 6.42 Å².